The van der Waals surface area contributed by atoms with Crippen molar-refractivity contribution < 1.29 is 4.79 Å². The van der Waals surface area contributed by atoms with Crippen molar-refractivity contribution in [1.82, 2.24) is 14.6 Å². The third-order valence-electron chi connectivity index (χ3n) is 2.37. The van der Waals surface area contributed by atoms with E-state index in [1.54, 1.807) is 12.3 Å². The van der Waals surface area contributed by atoms with Gasteiger partial charge in [0.15, 0.2) is 0 Å². The van der Waals surface area contributed by atoms with Crippen LogP contribution >= 0.6 is 34.1 Å². The van der Waals surface area contributed by atoms with E-state index in [1.807, 2.05) is 26.8 Å². The minimum absolute atomic E-state index is 0.209. The number of carbonyl (C=O) groups is 1. The summed E-state index contributed by atoms with van der Waals surface area (Å²) in [4.78, 5) is 16.9. The van der Waals surface area contributed by atoms with E-state index in [9.17, 15) is 4.79 Å². The topological polar surface area (TPSA) is 67.8 Å². The van der Waals surface area contributed by atoms with Crippen LogP contribution < -0.4 is 5.32 Å². The number of rotatable bonds is 2. The van der Waals surface area contributed by atoms with Crippen molar-refractivity contribution in [3.8, 4) is 0 Å². The zero-order chi connectivity index (χ0) is 14.0. The van der Waals surface area contributed by atoms with Gasteiger partial charge in [-0.3, -0.25) is 4.79 Å². The molecule has 2 aromatic rings. The molecule has 0 spiro atoms. The lowest BCUT2D eigenvalue weighted by Gasteiger charge is -2.16. The molecule has 0 atom stereocenters. The number of carbonyl (C=O) groups excluding carboxylic acids is 1. The van der Waals surface area contributed by atoms with Crippen molar-refractivity contribution in [2.75, 3.05) is 5.32 Å². The summed E-state index contributed by atoms with van der Waals surface area (Å²) in [7, 11) is 0. The van der Waals surface area contributed by atoms with E-state index < -0.39 is 0 Å². The van der Waals surface area contributed by atoms with Gasteiger partial charge in [0.05, 0.1) is 5.69 Å². The minimum atomic E-state index is -0.214. The van der Waals surface area contributed by atoms with Crippen LogP contribution in [0.1, 0.15) is 36.1 Å². The molecule has 0 radical (unpaired) electrons. The first-order valence-corrected chi connectivity index (χ1v) is 7.49. The molecule has 100 valence electrons. The van der Waals surface area contributed by atoms with E-state index >= 15 is 0 Å². The molecule has 2 heterocycles. The molecule has 0 saturated carbocycles. The second-order valence-electron chi connectivity index (χ2n) is 5.02. The smallest absolute Gasteiger partial charge is 0.270 e. The number of hydrogen-bond acceptors (Lipinski definition) is 5. The number of pyridine rings is 1. The van der Waals surface area contributed by atoms with Gasteiger partial charge in [0, 0.05) is 15.2 Å². The molecule has 19 heavy (non-hydrogen) atoms. The number of nitrogens with one attached hydrogen (secondary N) is 1. The largest absolute Gasteiger partial charge is 0.306 e. The Kier molecular flexibility index (Phi) is 4.14. The van der Waals surface area contributed by atoms with Gasteiger partial charge < -0.3 is 5.32 Å². The summed E-state index contributed by atoms with van der Waals surface area (Å²) in [5, 5.41) is 6.81. The number of nitrogens with zero attached hydrogens (tertiary/aromatic N) is 3. The Morgan fingerprint density at radius 2 is 2.11 bits per heavy atom. The van der Waals surface area contributed by atoms with Crippen molar-refractivity contribution in [2.45, 2.75) is 26.2 Å². The average Bonchev–Trinajstić information content (AvgIpc) is 2.81. The zero-order valence-electron chi connectivity index (χ0n) is 10.8. The molecule has 7 heteroatoms. The Hall–Kier alpha value is -1.09. The van der Waals surface area contributed by atoms with E-state index in [4.69, 9.17) is 0 Å². The van der Waals surface area contributed by atoms with Gasteiger partial charge in [-0.25, -0.2) is 4.98 Å². The molecule has 0 aromatic carbocycles. The highest BCUT2D eigenvalue weighted by Gasteiger charge is 2.26. The molecule has 0 aliphatic carbocycles. The SMILES string of the molecule is CC(C)(C)c1nnsc1C(=O)Nc1ccc(I)cn1. The standard InChI is InChI=1S/C12H13IN4OS/c1-12(2,3)10-9(19-17-16-10)11(18)15-8-5-4-7(13)6-14-8/h4-6H,1-3H3,(H,14,15,18). The van der Waals surface area contributed by atoms with E-state index in [-0.39, 0.29) is 11.3 Å². The average molecular weight is 388 g/mol. The van der Waals surface area contributed by atoms with Crippen LogP contribution in [0.25, 0.3) is 0 Å². The first-order chi connectivity index (χ1) is 8.88. The highest BCUT2D eigenvalue weighted by Crippen LogP contribution is 2.26. The maximum atomic E-state index is 12.2. The summed E-state index contributed by atoms with van der Waals surface area (Å²) in [6.07, 6.45) is 1.70. The van der Waals surface area contributed by atoms with Crippen molar-refractivity contribution in [3.63, 3.8) is 0 Å². The van der Waals surface area contributed by atoms with Gasteiger partial charge in [0.1, 0.15) is 10.7 Å². The second-order valence-corrected chi connectivity index (χ2v) is 7.02. The molecule has 1 N–H and O–H groups in total. The lowest BCUT2D eigenvalue weighted by atomic mass is 9.91. The lowest BCUT2D eigenvalue weighted by Crippen LogP contribution is -2.20. The van der Waals surface area contributed by atoms with E-state index in [0.717, 1.165) is 15.1 Å². The van der Waals surface area contributed by atoms with Crippen molar-refractivity contribution in [1.29, 1.82) is 0 Å². The number of halogens is 1. The van der Waals surface area contributed by atoms with Gasteiger partial charge >= 0.3 is 0 Å². The summed E-state index contributed by atoms with van der Waals surface area (Å²) in [6.45, 7) is 6.01. The number of hydrogen-bond donors (Lipinski definition) is 1. The summed E-state index contributed by atoms with van der Waals surface area (Å²) in [6, 6.07) is 3.66. The second kappa shape index (κ2) is 5.49. The van der Waals surface area contributed by atoms with Crippen LogP contribution in [0, 0.1) is 3.57 Å². The van der Waals surface area contributed by atoms with Crippen molar-refractivity contribution >= 4 is 45.8 Å². The van der Waals surface area contributed by atoms with Gasteiger partial charge in [0.2, 0.25) is 0 Å². The van der Waals surface area contributed by atoms with Crippen LogP contribution in [0.3, 0.4) is 0 Å². The van der Waals surface area contributed by atoms with Crippen molar-refractivity contribution in [2.24, 2.45) is 0 Å². The van der Waals surface area contributed by atoms with Gasteiger partial charge in [-0.15, -0.1) is 5.10 Å². The van der Waals surface area contributed by atoms with Crippen molar-refractivity contribution in [3.05, 3.63) is 32.5 Å². The summed E-state index contributed by atoms with van der Waals surface area (Å²) in [5.74, 6) is 0.312. The Bertz CT molecular complexity index is 589. The fourth-order valence-corrected chi connectivity index (χ4v) is 2.54. The number of aromatic nitrogens is 3. The van der Waals surface area contributed by atoms with Gasteiger partial charge in [-0.05, 0) is 46.3 Å². The van der Waals surface area contributed by atoms with Crippen LogP contribution in [0.2, 0.25) is 0 Å². The van der Waals surface area contributed by atoms with Gasteiger partial charge in [-0.1, -0.05) is 25.3 Å². The third kappa shape index (κ3) is 3.47. The molecular formula is C12H13IN4OS. The number of amides is 1. The van der Waals surface area contributed by atoms with E-state index in [2.05, 4.69) is 42.5 Å². The molecule has 0 bridgehead atoms. The molecule has 1 amide bonds. The Balaban J connectivity index is 2.21. The molecule has 2 aromatic heterocycles. The fraction of sp³-hybridized carbons (Fsp3) is 0.333. The number of anilines is 1. The summed E-state index contributed by atoms with van der Waals surface area (Å²) >= 11 is 3.27. The molecule has 0 fully saturated rings. The van der Waals surface area contributed by atoms with Crippen LogP contribution in [-0.4, -0.2) is 20.5 Å². The monoisotopic (exact) mass is 388 g/mol. The molecule has 5 nitrogen and oxygen atoms in total. The summed E-state index contributed by atoms with van der Waals surface area (Å²) in [5.41, 5.74) is 0.500. The molecule has 0 aliphatic heterocycles. The van der Waals surface area contributed by atoms with Crippen LogP contribution in [-0.2, 0) is 5.41 Å². The van der Waals surface area contributed by atoms with E-state index in [0.29, 0.717) is 16.4 Å². The predicted molar refractivity (Wildman–Crippen MR) is 83.5 cm³/mol. The van der Waals surface area contributed by atoms with E-state index in [1.165, 1.54) is 0 Å². The van der Waals surface area contributed by atoms with Crippen LogP contribution in [0.5, 0.6) is 0 Å². The Morgan fingerprint density at radius 1 is 1.37 bits per heavy atom. The minimum Gasteiger partial charge on any atom is -0.306 e. The lowest BCUT2D eigenvalue weighted by molar-refractivity contribution is 0.102. The zero-order valence-corrected chi connectivity index (χ0v) is 13.7. The first kappa shape index (κ1) is 14.3. The summed E-state index contributed by atoms with van der Waals surface area (Å²) < 4.78 is 4.89. The fourth-order valence-electron chi connectivity index (χ4n) is 1.45. The van der Waals surface area contributed by atoms with Gasteiger partial charge in [-0.2, -0.15) is 0 Å². The molecular weight excluding hydrogens is 375 g/mol. The quantitative estimate of drug-likeness (QED) is 0.803. The predicted octanol–water partition coefficient (Wildman–Crippen LogP) is 3.09. The van der Waals surface area contributed by atoms with Crippen LogP contribution in [0.15, 0.2) is 18.3 Å². The maximum absolute atomic E-state index is 12.2. The molecule has 2 rings (SSSR count). The molecule has 0 aliphatic rings. The highest BCUT2D eigenvalue weighted by atomic mass is 127. The Labute approximate surface area is 129 Å². The highest BCUT2D eigenvalue weighted by molar-refractivity contribution is 14.1. The van der Waals surface area contributed by atoms with Crippen LogP contribution in [0.4, 0.5) is 5.82 Å². The molecule has 0 saturated heterocycles. The maximum Gasteiger partial charge on any atom is 0.270 e. The first-order valence-electron chi connectivity index (χ1n) is 5.63. The normalized spacial score (nSPS) is 11.4. The van der Waals surface area contributed by atoms with Gasteiger partial charge in [0.25, 0.3) is 5.91 Å². The Morgan fingerprint density at radius 3 is 2.68 bits per heavy atom. The third-order valence-corrected chi connectivity index (χ3v) is 3.74. The molecule has 0 unspecified atom stereocenters.